The van der Waals surface area contributed by atoms with Gasteiger partial charge in [0.1, 0.15) is 0 Å². The van der Waals surface area contributed by atoms with E-state index in [1.807, 2.05) is 0 Å². The SMILES string of the molecule is O=[N+]([O-])C1Nc2ccccc2C1[N+](=O)[O-]. The molecule has 2 rings (SSSR count). The van der Waals surface area contributed by atoms with E-state index in [0.717, 1.165) is 0 Å². The summed E-state index contributed by atoms with van der Waals surface area (Å²) >= 11 is 0. The Kier molecular flexibility index (Phi) is 2.00. The fourth-order valence-electron chi connectivity index (χ4n) is 1.69. The molecular formula is C8H7N3O4. The fourth-order valence-corrected chi connectivity index (χ4v) is 1.69. The van der Waals surface area contributed by atoms with Crippen LogP contribution in [0.5, 0.6) is 0 Å². The molecule has 0 amide bonds. The van der Waals surface area contributed by atoms with Crippen molar-refractivity contribution in [3.05, 3.63) is 50.1 Å². The molecule has 7 nitrogen and oxygen atoms in total. The average Bonchev–Trinajstić information content (AvgIpc) is 2.56. The largest absolute Gasteiger partial charge is 0.356 e. The Morgan fingerprint density at radius 1 is 1.13 bits per heavy atom. The van der Waals surface area contributed by atoms with Gasteiger partial charge in [-0.15, -0.1) is 0 Å². The van der Waals surface area contributed by atoms with Crippen LogP contribution < -0.4 is 5.32 Å². The highest BCUT2D eigenvalue weighted by atomic mass is 16.6. The molecule has 1 N–H and O–H groups in total. The third-order valence-corrected chi connectivity index (χ3v) is 2.34. The summed E-state index contributed by atoms with van der Waals surface area (Å²) < 4.78 is 0. The van der Waals surface area contributed by atoms with Crippen molar-refractivity contribution in [2.24, 2.45) is 0 Å². The quantitative estimate of drug-likeness (QED) is 0.579. The number of hydrogen-bond acceptors (Lipinski definition) is 5. The first-order chi connectivity index (χ1) is 7.11. The van der Waals surface area contributed by atoms with E-state index < -0.39 is 22.1 Å². The van der Waals surface area contributed by atoms with Crippen LogP contribution in [0.25, 0.3) is 0 Å². The molecule has 78 valence electrons. The second kappa shape index (κ2) is 3.19. The van der Waals surface area contributed by atoms with Crippen molar-refractivity contribution in [2.75, 3.05) is 5.32 Å². The molecule has 0 spiro atoms. The number of hydrogen-bond donors (Lipinski definition) is 1. The van der Waals surface area contributed by atoms with Gasteiger partial charge in [-0.05, 0) is 12.1 Å². The van der Waals surface area contributed by atoms with Crippen molar-refractivity contribution >= 4 is 5.69 Å². The monoisotopic (exact) mass is 209 g/mol. The number of fused-ring (bicyclic) bond motifs is 1. The lowest BCUT2D eigenvalue weighted by molar-refractivity contribution is -0.615. The van der Waals surface area contributed by atoms with E-state index in [-0.39, 0.29) is 0 Å². The van der Waals surface area contributed by atoms with E-state index in [2.05, 4.69) is 5.32 Å². The van der Waals surface area contributed by atoms with Gasteiger partial charge in [-0.25, -0.2) is 0 Å². The maximum Gasteiger partial charge on any atom is 0.356 e. The summed E-state index contributed by atoms with van der Waals surface area (Å²) in [5.74, 6) is 0. The van der Waals surface area contributed by atoms with Gasteiger partial charge in [-0.3, -0.25) is 20.2 Å². The number of anilines is 1. The van der Waals surface area contributed by atoms with Crippen LogP contribution in [-0.2, 0) is 0 Å². The molecule has 0 aromatic heterocycles. The zero-order valence-corrected chi connectivity index (χ0v) is 7.49. The standard InChI is InChI=1S/C8H7N3O4/c12-10(13)7-5-3-1-2-4-6(5)9-8(7)11(14)15/h1-4,7-9H. The van der Waals surface area contributed by atoms with Gasteiger partial charge in [0.05, 0.1) is 10.5 Å². The van der Waals surface area contributed by atoms with Crippen molar-refractivity contribution in [1.29, 1.82) is 0 Å². The smallest absolute Gasteiger partial charge is 0.317 e. The molecule has 0 saturated carbocycles. The van der Waals surface area contributed by atoms with E-state index in [9.17, 15) is 20.2 Å². The fraction of sp³-hybridized carbons (Fsp3) is 0.250. The summed E-state index contributed by atoms with van der Waals surface area (Å²) in [6.45, 7) is 0. The molecule has 1 heterocycles. The molecular weight excluding hydrogens is 202 g/mol. The molecule has 1 aromatic carbocycles. The number of benzene rings is 1. The second-order valence-corrected chi connectivity index (χ2v) is 3.19. The predicted octanol–water partition coefficient (Wildman–Crippen LogP) is 1.03. The molecule has 1 aromatic rings. The first kappa shape index (κ1) is 9.38. The topological polar surface area (TPSA) is 98.3 Å². The van der Waals surface area contributed by atoms with Crippen molar-refractivity contribution in [3.8, 4) is 0 Å². The Morgan fingerprint density at radius 3 is 2.40 bits per heavy atom. The van der Waals surface area contributed by atoms with Crippen LogP contribution >= 0.6 is 0 Å². The van der Waals surface area contributed by atoms with Gasteiger partial charge >= 0.3 is 12.2 Å². The van der Waals surface area contributed by atoms with Gasteiger partial charge in [0.25, 0.3) is 0 Å². The van der Waals surface area contributed by atoms with E-state index in [4.69, 9.17) is 0 Å². The van der Waals surface area contributed by atoms with Crippen molar-refractivity contribution in [1.82, 2.24) is 0 Å². The van der Waals surface area contributed by atoms with Crippen LogP contribution in [0, 0.1) is 20.2 Å². The van der Waals surface area contributed by atoms with Crippen LogP contribution in [0.1, 0.15) is 11.6 Å². The van der Waals surface area contributed by atoms with Gasteiger partial charge in [0, 0.05) is 10.6 Å². The zero-order valence-electron chi connectivity index (χ0n) is 7.49. The molecule has 2 unspecified atom stereocenters. The molecule has 2 atom stereocenters. The highest BCUT2D eigenvalue weighted by Gasteiger charge is 2.49. The van der Waals surface area contributed by atoms with Crippen LogP contribution in [0.4, 0.5) is 5.69 Å². The first-order valence-corrected chi connectivity index (χ1v) is 4.23. The molecule has 0 aliphatic carbocycles. The van der Waals surface area contributed by atoms with Gasteiger partial charge in [0.2, 0.25) is 0 Å². The summed E-state index contributed by atoms with van der Waals surface area (Å²) in [4.78, 5) is 20.1. The molecule has 7 heteroatoms. The number of nitro groups is 2. The number of nitrogens with one attached hydrogen (secondary N) is 1. The van der Waals surface area contributed by atoms with E-state index >= 15 is 0 Å². The number of nitrogens with zero attached hydrogens (tertiary/aromatic N) is 2. The van der Waals surface area contributed by atoms with Crippen molar-refractivity contribution in [3.63, 3.8) is 0 Å². The molecule has 0 bridgehead atoms. The summed E-state index contributed by atoms with van der Waals surface area (Å²) in [6.07, 6.45) is -1.38. The Bertz CT molecular complexity index is 434. The van der Waals surface area contributed by atoms with Crippen LogP contribution in [0.2, 0.25) is 0 Å². The molecule has 1 aliphatic rings. The predicted molar refractivity (Wildman–Crippen MR) is 50.6 cm³/mol. The normalized spacial score (nSPS) is 22.9. The minimum absolute atomic E-state index is 0.365. The van der Waals surface area contributed by atoms with E-state index in [0.29, 0.717) is 11.3 Å². The van der Waals surface area contributed by atoms with Gasteiger partial charge < -0.3 is 5.32 Å². The van der Waals surface area contributed by atoms with Crippen LogP contribution in [0.15, 0.2) is 24.3 Å². The molecule has 0 saturated heterocycles. The number of para-hydroxylation sites is 1. The first-order valence-electron chi connectivity index (χ1n) is 4.23. The average molecular weight is 209 g/mol. The maximum absolute atomic E-state index is 10.7. The third-order valence-electron chi connectivity index (χ3n) is 2.34. The molecule has 0 radical (unpaired) electrons. The lowest BCUT2D eigenvalue weighted by Crippen LogP contribution is -2.33. The van der Waals surface area contributed by atoms with Crippen LogP contribution in [-0.4, -0.2) is 16.0 Å². The lowest BCUT2D eigenvalue weighted by Gasteiger charge is -2.05. The van der Waals surface area contributed by atoms with Gasteiger partial charge in [-0.2, -0.15) is 0 Å². The van der Waals surface area contributed by atoms with E-state index in [1.54, 1.807) is 18.2 Å². The van der Waals surface area contributed by atoms with Crippen LogP contribution in [0.3, 0.4) is 0 Å². The van der Waals surface area contributed by atoms with Gasteiger partial charge in [0.15, 0.2) is 0 Å². The summed E-state index contributed by atoms with van der Waals surface area (Å²) in [5.41, 5.74) is 0.824. The third kappa shape index (κ3) is 1.37. The highest BCUT2D eigenvalue weighted by molar-refractivity contribution is 5.57. The minimum atomic E-state index is -1.38. The lowest BCUT2D eigenvalue weighted by atomic mass is 10.1. The summed E-state index contributed by atoms with van der Waals surface area (Å²) in [6, 6.07) is 5.11. The second-order valence-electron chi connectivity index (χ2n) is 3.19. The van der Waals surface area contributed by atoms with E-state index in [1.165, 1.54) is 6.07 Å². The maximum atomic E-state index is 10.7. The Morgan fingerprint density at radius 2 is 1.80 bits per heavy atom. The molecule has 0 fully saturated rings. The molecule has 1 aliphatic heterocycles. The van der Waals surface area contributed by atoms with Crippen molar-refractivity contribution in [2.45, 2.75) is 12.2 Å². The summed E-state index contributed by atoms with van der Waals surface area (Å²) in [5, 5.41) is 23.9. The zero-order chi connectivity index (χ0) is 11.0. The Balaban J connectivity index is 2.46. The highest BCUT2D eigenvalue weighted by Crippen LogP contribution is 2.35. The van der Waals surface area contributed by atoms with Crippen molar-refractivity contribution < 1.29 is 9.85 Å². The minimum Gasteiger partial charge on any atom is -0.317 e. The Labute approximate surface area is 84.0 Å². The number of rotatable bonds is 2. The molecule has 15 heavy (non-hydrogen) atoms. The van der Waals surface area contributed by atoms with Gasteiger partial charge in [-0.1, -0.05) is 12.1 Å². The Hall–Kier alpha value is -2.18. The summed E-state index contributed by atoms with van der Waals surface area (Å²) in [7, 11) is 0.